The van der Waals surface area contributed by atoms with Crippen molar-refractivity contribution in [2.45, 2.75) is 52.6 Å². The molecule has 0 saturated heterocycles. The van der Waals surface area contributed by atoms with Crippen molar-refractivity contribution in [1.82, 2.24) is 10.6 Å². The van der Waals surface area contributed by atoms with E-state index in [-0.39, 0.29) is 24.8 Å². The van der Waals surface area contributed by atoms with Crippen LogP contribution in [0.15, 0.2) is 0 Å². The summed E-state index contributed by atoms with van der Waals surface area (Å²) in [7, 11) is 0. The van der Waals surface area contributed by atoms with Gasteiger partial charge in [0, 0.05) is 24.9 Å². The first-order valence-corrected chi connectivity index (χ1v) is 6.93. The van der Waals surface area contributed by atoms with Gasteiger partial charge in [-0.1, -0.05) is 20.8 Å². The molecule has 1 atom stereocenters. The summed E-state index contributed by atoms with van der Waals surface area (Å²) in [6, 6.07) is 0. The highest BCUT2D eigenvalue weighted by molar-refractivity contribution is 5.81. The minimum atomic E-state index is -1.47. The minimum absolute atomic E-state index is 0.0766. The van der Waals surface area contributed by atoms with Crippen LogP contribution >= 0.6 is 0 Å². The van der Waals surface area contributed by atoms with Gasteiger partial charge in [0.05, 0.1) is 12.0 Å². The summed E-state index contributed by atoms with van der Waals surface area (Å²) >= 11 is 0. The van der Waals surface area contributed by atoms with E-state index in [1.807, 2.05) is 0 Å². The van der Waals surface area contributed by atoms with Gasteiger partial charge in [0.2, 0.25) is 11.8 Å². The first kappa shape index (κ1) is 19.4. The summed E-state index contributed by atoms with van der Waals surface area (Å²) in [6.45, 7) is 7.05. The van der Waals surface area contributed by atoms with Gasteiger partial charge in [-0.15, -0.1) is 0 Å². The van der Waals surface area contributed by atoms with Gasteiger partial charge in [0.15, 0.2) is 0 Å². The van der Waals surface area contributed by atoms with E-state index in [9.17, 15) is 19.5 Å². The highest BCUT2D eigenvalue weighted by atomic mass is 16.4. The number of carboxylic acid groups (broad SMARTS) is 1. The largest absolute Gasteiger partial charge is 0.481 e. The number of amides is 2. The zero-order valence-corrected chi connectivity index (χ0v) is 13.2. The van der Waals surface area contributed by atoms with Crippen LogP contribution in [0.5, 0.6) is 0 Å². The summed E-state index contributed by atoms with van der Waals surface area (Å²) in [5.74, 6) is -1.49. The van der Waals surface area contributed by atoms with Crippen LogP contribution in [0.2, 0.25) is 0 Å². The third kappa shape index (κ3) is 9.84. The predicted octanol–water partition coefficient (Wildman–Crippen LogP) is 0.271. The quantitative estimate of drug-likeness (QED) is 0.480. The summed E-state index contributed by atoms with van der Waals surface area (Å²) in [5, 5.41) is 23.5. The fraction of sp³-hybridized carbons (Fsp3) is 0.786. The summed E-state index contributed by atoms with van der Waals surface area (Å²) in [4.78, 5) is 33.6. The molecule has 21 heavy (non-hydrogen) atoms. The van der Waals surface area contributed by atoms with Crippen LogP contribution in [0.1, 0.15) is 47.0 Å². The van der Waals surface area contributed by atoms with Crippen molar-refractivity contribution in [1.29, 1.82) is 0 Å². The zero-order chi connectivity index (χ0) is 16.7. The van der Waals surface area contributed by atoms with E-state index in [1.54, 1.807) is 20.8 Å². The molecule has 0 aliphatic heterocycles. The summed E-state index contributed by atoms with van der Waals surface area (Å²) in [5.41, 5.74) is -1.93. The smallest absolute Gasteiger partial charge is 0.306 e. The van der Waals surface area contributed by atoms with Crippen LogP contribution in [0.25, 0.3) is 0 Å². The third-order valence-corrected chi connectivity index (χ3v) is 2.75. The Morgan fingerprint density at radius 1 is 1.05 bits per heavy atom. The van der Waals surface area contributed by atoms with E-state index in [0.717, 1.165) is 0 Å². The van der Waals surface area contributed by atoms with Crippen molar-refractivity contribution in [3.63, 3.8) is 0 Å². The van der Waals surface area contributed by atoms with Crippen LogP contribution in [-0.4, -0.2) is 46.7 Å². The Hall–Kier alpha value is -1.63. The second-order valence-electron chi connectivity index (χ2n) is 6.45. The first-order valence-electron chi connectivity index (χ1n) is 6.93. The molecule has 0 bridgehead atoms. The number of carbonyl (C=O) groups is 3. The number of nitrogens with one attached hydrogen (secondary N) is 2. The lowest BCUT2D eigenvalue weighted by Gasteiger charge is -2.21. The SMILES string of the molecule is CC(O)(CNC(=O)CCCNC(=O)C(C)(C)C)CC(=O)O. The Morgan fingerprint density at radius 3 is 2.10 bits per heavy atom. The predicted molar refractivity (Wildman–Crippen MR) is 77.6 cm³/mol. The lowest BCUT2D eigenvalue weighted by Crippen LogP contribution is -2.42. The molecule has 0 rings (SSSR count). The third-order valence-electron chi connectivity index (χ3n) is 2.75. The Kier molecular flexibility index (Phi) is 7.35. The maximum absolute atomic E-state index is 11.6. The van der Waals surface area contributed by atoms with Crippen molar-refractivity contribution >= 4 is 17.8 Å². The van der Waals surface area contributed by atoms with Crippen LogP contribution in [0.3, 0.4) is 0 Å². The highest BCUT2D eigenvalue weighted by Gasteiger charge is 2.24. The molecule has 0 aromatic carbocycles. The maximum atomic E-state index is 11.6. The number of hydrogen-bond acceptors (Lipinski definition) is 4. The van der Waals surface area contributed by atoms with Gasteiger partial charge in [0.1, 0.15) is 0 Å². The van der Waals surface area contributed by atoms with Gasteiger partial charge >= 0.3 is 5.97 Å². The van der Waals surface area contributed by atoms with E-state index in [4.69, 9.17) is 5.11 Å². The minimum Gasteiger partial charge on any atom is -0.481 e. The molecule has 0 aliphatic carbocycles. The van der Waals surface area contributed by atoms with Gasteiger partial charge in [-0.25, -0.2) is 0 Å². The lowest BCUT2D eigenvalue weighted by molar-refractivity contribution is -0.142. The molecule has 7 heteroatoms. The Labute approximate surface area is 125 Å². The van der Waals surface area contributed by atoms with Crippen molar-refractivity contribution in [2.75, 3.05) is 13.1 Å². The molecule has 0 spiro atoms. The zero-order valence-electron chi connectivity index (χ0n) is 13.2. The van der Waals surface area contributed by atoms with Gasteiger partial charge < -0.3 is 20.8 Å². The van der Waals surface area contributed by atoms with Crippen molar-refractivity contribution in [2.24, 2.45) is 5.41 Å². The second-order valence-corrected chi connectivity index (χ2v) is 6.45. The molecular formula is C14H26N2O5. The molecule has 4 N–H and O–H groups in total. The Morgan fingerprint density at radius 2 is 1.62 bits per heavy atom. The number of carboxylic acids is 1. The maximum Gasteiger partial charge on any atom is 0.306 e. The van der Waals surface area contributed by atoms with E-state index >= 15 is 0 Å². The van der Waals surface area contributed by atoms with Crippen molar-refractivity contribution in [3.8, 4) is 0 Å². The fourth-order valence-corrected chi connectivity index (χ4v) is 1.48. The van der Waals surface area contributed by atoms with Gasteiger partial charge in [0.25, 0.3) is 0 Å². The molecule has 1 unspecified atom stereocenters. The average molecular weight is 302 g/mol. The highest BCUT2D eigenvalue weighted by Crippen LogP contribution is 2.12. The Bertz CT molecular complexity index is 385. The molecule has 2 amide bonds. The molecule has 0 saturated carbocycles. The standard InChI is InChI=1S/C14H26N2O5/c1-13(2,3)12(20)15-7-5-6-10(17)16-9-14(4,21)8-11(18)19/h21H,5-9H2,1-4H3,(H,15,20)(H,16,17)(H,18,19). The molecule has 0 aromatic rings. The van der Waals surface area contributed by atoms with Crippen LogP contribution in [0.4, 0.5) is 0 Å². The van der Waals surface area contributed by atoms with E-state index < -0.39 is 23.4 Å². The monoisotopic (exact) mass is 302 g/mol. The molecule has 0 fully saturated rings. The van der Waals surface area contributed by atoms with Crippen molar-refractivity contribution in [3.05, 3.63) is 0 Å². The normalized spacial score (nSPS) is 14.1. The molecule has 0 heterocycles. The second kappa shape index (κ2) is 7.97. The summed E-state index contributed by atoms with van der Waals surface area (Å²) in [6.07, 6.45) is 0.247. The molecule has 0 radical (unpaired) electrons. The van der Waals surface area contributed by atoms with Gasteiger partial charge in [-0.05, 0) is 13.3 Å². The Balaban J connectivity index is 3.87. The number of carbonyl (C=O) groups excluding carboxylic acids is 2. The molecule has 7 nitrogen and oxygen atoms in total. The molecule has 122 valence electrons. The molecule has 0 aromatic heterocycles. The van der Waals surface area contributed by atoms with Crippen LogP contribution in [-0.2, 0) is 14.4 Å². The van der Waals surface area contributed by atoms with Gasteiger partial charge in [-0.3, -0.25) is 14.4 Å². The lowest BCUT2D eigenvalue weighted by atomic mass is 9.96. The molecular weight excluding hydrogens is 276 g/mol. The number of hydrogen-bond donors (Lipinski definition) is 4. The van der Waals surface area contributed by atoms with Crippen molar-refractivity contribution < 1.29 is 24.6 Å². The number of aliphatic carboxylic acids is 1. The van der Waals surface area contributed by atoms with E-state index in [0.29, 0.717) is 13.0 Å². The fourth-order valence-electron chi connectivity index (χ4n) is 1.48. The number of aliphatic hydroxyl groups is 1. The average Bonchev–Trinajstić information content (AvgIpc) is 2.29. The van der Waals surface area contributed by atoms with Crippen LogP contribution < -0.4 is 10.6 Å². The number of rotatable bonds is 8. The first-order chi connectivity index (χ1) is 9.44. The van der Waals surface area contributed by atoms with Crippen LogP contribution in [0, 0.1) is 5.41 Å². The summed E-state index contributed by atoms with van der Waals surface area (Å²) < 4.78 is 0. The van der Waals surface area contributed by atoms with Gasteiger partial charge in [-0.2, -0.15) is 0 Å². The van der Waals surface area contributed by atoms with E-state index in [1.165, 1.54) is 6.92 Å². The topological polar surface area (TPSA) is 116 Å². The molecule has 0 aliphatic rings. The van der Waals surface area contributed by atoms with E-state index in [2.05, 4.69) is 10.6 Å².